The predicted molar refractivity (Wildman–Crippen MR) is 116 cm³/mol. The van der Waals surface area contributed by atoms with Gasteiger partial charge in [0.25, 0.3) is 17.6 Å². The van der Waals surface area contributed by atoms with E-state index in [1.807, 2.05) is 6.92 Å². The van der Waals surface area contributed by atoms with E-state index in [1.165, 1.54) is 18.2 Å². The van der Waals surface area contributed by atoms with Crippen LogP contribution in [0.5, 0.6) is 0 Å². The molecule has 1 aliphatic heterocycles. The molecule has 0 unspecified atom stereocenters. The summed E-state index contributed by atoms with van der Waals surface area (Å²) in [5.41, 5.74) is 1.42. The zero-order valence-corrected chi connectivity index (χ0v) is 18.4. The van der Waals surface area contributed by atoms with Crippen molar-refractivity contribution in [3.8, 4) is 0 Å². The molecule has 0 atom stereocenters. The molecule has 2 amide bonds. The van der Waals surface area contributed by atoms with Crippen molar-refractivity contribution in [2.45, 2.75) is 64.5 Å². The molecule has 1 fully saturated rings. The van der Waals surface area contributed by atoms with E-state index in [9.17, 15) is 18.8 Å². The lowest BCUT2D eigenvalue weighted by Gasteiger charge is -2.41. The summed E-state index contributed by atoms with van der Waals surface area (Å²) in [5.74, 6) is -2.25. The second-order valence-electron chi connectivity index (χ2n) is 8.43. The van der Waals surface area contributed by atoms with E-state index in [-0.39, 0.29) is 27.6 Å². The lowest BCUT2D eigenvalue weighted by Crippen LogP contribution is -2.54. The zero-order valence-electron chi connectivity index (χ0n) is 17.6. The number of carbonyl (C=O) groups is 3. The third-order valence-electron chi connectivity index (χ3n) is 6.54. The first-order chi connectivity index (χ1) is 14.8. The number of Topliss-reactive ketones (excluding diaryl/α,β-unsaturated/α-hetero) is 1. The number of aromatic nitrogens is 1. The summed E-state index contributed by atoms with van der Waals surface area (Å²) in [6.07, 6.45) is 4.83. The van der Waals surface area contributed by atoms with E-state index >= 15 is 0 Å². The summed E-state index contributed by atoms with van der Waals surface area (Å²) >= 11 is 6.51. The lowest BCUT2D eigenvalue weighted by atomic mass is 9.75. The van der Waals surface area contributed by atoms with E-state index in [2.05, 4.69) is 10.6 Å². The molecule has 2 N–H and O–H groups in total. The number of hydrogen-bond acceptors (Lipinski definition) is 3. The molecule has 164 valence electrons. The number of benzene rings is 1. The number of aryl methyl sites for hydroxylation is 1. The maximum Gasteiger partial charge on any atom is 0.294 e. The molecule has 0 saturated heterocycles. The molecule has 2 aliphatic rings. The van der Waals surface area contributed by atoms with Crippen molar-refractivity contribution in [3.05, 3.63) is 51.6 Å². The van der Waals surface area contributed by atoms with Gasteiger partial charge in [-0.2, -0.15) is 0 Å². The van der Waals surface area contributed by atoms with Gasteiger partial charge in [0.15, 0.2) is 0 Å². The largest absolute Gasteiger partial charge is 0.344 e. The first-order valence-electron chi connectivity index (χ1n) is 10.6. The molecule has 1 aromatic heterocycles. The number of halogens is 2. The lowest BCUT2D eigenvalue weighted by molar-refractivity contribution is -0.120. The van der Waals surface area contributed by atoms with Crippen LogP contribution in [0.2, 0.25) is 5.02 Å². The fourth-order valence-electron chi connectivity index (χ4n) is 4.49. The van der Waals surface area contributed by atoms with Crippen molar-refractivity contribution in [2.75, 3.05) is 5.32 Å². The van der Waals surface area contributed by atoms with Crippen LogP contribution in [0, 0.1) is 12.7 Å². The Morgan fingerprint density at radius 3 is 2.58 bits per heavy atom. The van der Waals surface area contributed by atoms with Crippen LogP contribution >= 0.6 is 11.6 Å². The molecule has 8 heteroatoms. The molecule has 0 bridgehead atoms. The average molecular weight is 446 g/mol. The average Bonchev–Trinajstić information content (AvgIpc) is 3.26. The van der Waals surface area contributed by atoms with E-state index in [0.717, 1.165) is 32.1 Å². The molecular weight excluding hydrogens is 421 g/mol. The number of carbonyl (C=O) groups excluding carboxylic acids is 3. The van der Waals surface area contributed by atoms with Gasteiger partial charge in [-0.25, -0.2) is 4.39 Å². The third-order valence-corrected chi connectivity index (χ3v) is 6.91. The van der Waals surface area contributed by atoms with Crippen LogP contribution in [-0.2, 0) is 17.8 Å². The summed E-state index contributed by atoms with van der Waals surface area (Å²) < 4.78 is 15.2. The summed E-state index contributed by atoms with van der Waals surface area (Å²) in [6.45, 7) is 4.12. The van der Waals surface area contributed by atoms with Gasteiger partial charge in [-0.15, -0.1) is 0 Å². The van der Waals surface area contributed by atoms with Crippen LogP contribution in [0.15, 0.2) is 18.2 Å². The number of amides is 2. The van der Waals surface area contributed by atoms with Crippen LogP contribution < -0.4 is 10.6 Å². The standard InChI is InChI=1S/C23H25ClFN3O3/c1-3-23(9-5-10-23)27-22(31)20(29)19-18(24)17(16-6-4-11-28(16)19)21(30)26-14-7-8-15(25)13(2)12-14/h7-8,12H,3-6,9-11H2,1-2H3,(H,26,30)(H,27,31). The normalized spacial score (nSPS) is 16.4. The number of anilines is 1. The van der Waals surface area contributed by atoms with E-state index in [1.54, 1.807) is 11.5 Å². The maximum absolute atomic E-state index is 13.5. The van der Waals surface area contributed by atoms with Crippen molar-refractivity contribution in [1.29, 1.82) is 0 Å². The second kappa shape index (κ2) is 8.11. The Balaban J connectivity index is 1.63. The first-order valence-corrected chi connectivity index (χ1v) is 11.0. The summed E-state index contributed by atoms with van der Waals surface area (Å²) in [6, 6.07) is 4.27. The van der Waals surface area contributed by atoms with Crippen LogP contribution in [0.25, 0.3) is 0 Å². The molecule has 1 saturated carbocycles. The quantitative estimate of drug-likeness (QED) is 0.510. The highest BCUT2D eigenvalue weighted by Gasteiger charge is 2.40. The topological polar surface area (TPSA) is 80.2 Å². The summed E-state index contributed by atoms with van der Waals surface area (Å²) in [5, 5.41) is 5.61. The van der Waals surface area contributed by atoms with Crippen LogP contribution in [0.3, 0.4) is 0 Å². The zero-order chi connectivity index (χ0) is 22.3. The van der Waals surface area contributed by atoms with Crippen molar-refractivity contribution in [1.82, 2.24) is 9.88 Å². The summed E-state index contributed by atoms with van der Waals surface area (Å²) in [4.78, 5) is 38.8. The minimum Gasteiger partial charge on any atom is -0.344 e. The number of fused-ring (bicyclic) bond motifs is 1. The SMILES string of the molecule is CCC1(NC(=O)C(=O)c2c(Cl)c(C(=O)Nc3ccc(F)c(C)c3)c3n2CCC3)CCC1. The predicted octanol–water partition coefficient (Wildman–Crippen LogP) is 4.42. The Kier molecular flexibility index (Phi) is 5.64. The third kappa shape index (κ3) is 3.76. The van der Waals surface area contributed by atoms with Gasteiger partial charge in [-0.1, -0.05) is 18.5 Å². The van der Waals surface area contributed by atoms with Crippen molar-refractivity contribution in [2.24, 2.45) is 0 Å². The van der Waals surface area contributed by atoms with Crippen LogP contribution in [-0.4, -0.2) is 27.7 Å². The molecule has 4 rings (SSSR count). The van der Waals surface area contributed by atoms with E-state index in [4.69, 9.17) is 11.6 Å². The van der Waals surface area contributed by atoms with Gasteiger partial charge in [0.2, 0.25) is 0 Å². The van der Waals surface area contributed by atoms with Gasteiger partial charge < -0.3 is 15.2 Å². The highest BCUT2D eigenvalue weighted by molar-refractivity contribution is 6.48. The number of rotatable bonds is 6. The van der Waals surface area contributed by atoms with Gasteiger partial charge in [0, 0.05) is 23.5 Å². The second-order valence-corrected chi connectivity index (χ2v) is 8.81. The molecular formula is C23H25ClFN3O3. The van der Waals surface area contributed by atoms with Crippen molar-refractivity contribution < 1.29 is 18.8 Å². The fraction of sp³-hybridized carbons (Fsp3) is 0.435. The summed E-state index contributed by atoms with van der Waals surface area (Å²) in [7, 11) is 0. The van der Waals surface area contributed by atoms with Gasteiger partial charge >= 0.3 is 0 Å². The van der Waals surface area contributed by atoms with Gasteiger partial charge in [0.05, 0.1) is 10.6 Å². The molecule has 1 aromatic carbocycles. The van der Waals surface area contributed by atoms with Crippen LogP contribution in [0.4, 0.5) is 10.1 Å². The molecule has 2 heterocycles. The first kappa shape index (κ1) is 21.6. The number of nitrogens with one attached hydrogen (secondary N) is 2. The highest BCUT2D eigenvalue weighted by atomic mass is 35.5. The Hall–Kier alpha value is -2.67. The Bertz CT molecular complexity index is 1080. The fourth-order valence-corrected chi connectivity index (χ4v) is 4.87. The highest BCUT2D eigenvalue weighted by Crippen LogP contribution is 2.36. The monoisotopic (exact) mass is 445 g/mol. The van der Waals surface area contributed by atoms with Gasteiger partial charge in [-0.3, -0.25) is 14.4 Å². The molecule has 6 nitrogen and oxygen atoms in total. The Labute approximate surface area is 185 Å². The smallest absolute Gasteiger partial charge is 0.294 e. The van der Waals surface area contributed by atoms with E-state index in [0.29, 0.717) is 29.9 Å². The van der Waals surface area contributed by atoms with Crippen LogP contribution in [0.1, 0.15) is 71.1 Å². The van der Waals surface area contributed by atoms with Crippen molar-refractivity contribution in [3.63, 3.8) is 0 Å². The molecule has 0 radical (unpaired) electrons. The Morgan fingerprint density at radius 2 is 1.97 bits per heavy atom. The van der Waals surface area contributed by atoms with E-state index < -0.39 is 17.6 Å². The molecule has 2 aromatic rings. The minimum absolute atomic E-state index is 0.00894. The maximum atomic E-state index is 13.5. The molecule has 31 heavy (non-hydrogen) atoms. The van der Waals surface area contributed by atoms with Gasteiger partial charge in [0.1, 0.15) is 11.5 Å². The number of ketones is 1. The molecule has 1 aliphatic carbocycles. The number of hydrogen-bond donors (Lipinski definition) is 2. The number of nitrogens with zero attached hydrogens (tertiary/aromatic N) is 1. The Morgan fingerprint density at radius 1 is 1.23 bits per heavy atom. The molecule has 0 spiro atoms. The minimum atomic E-state index is -0.718. The van der Waals surface area contributed by atoms with Gasteiger partial charge in [-0.05, 0) is 69.2 Å². The van der Waals surface area contributed by atoms with Crippen molar-refractivity contribution >= 4 is 34.9 Å².